The number of rotatable bonds is 6. The first-order valence-corrected chi connectivity index (χ1v) is 5.92. The second-order valence-electron chi connectivity index (χ2n) is 4.92. The predicted molar refractivity (Wildman–Crippen MR) is 66.2 cm³/mol. The zero-order valence-electron chi connectivity index (χ0n) is 11.3. The second kappa shape index (κ2) is 7.27. The van der Waals surface area contributed by atoms with E-state index in [9.17, 15) is 9.59 Å². The molecule has 0 saturated heterocycles. The minimum absolute atomic E-state index is 0.0123. The van der Waals surface area contributed by atoms with Gasteiger partial charge in [0.15, 0.2) is 0 Å². The monoisotopic (exact) mass is 244 g/mol. The van der Waals surface area contributed by atoms with Gasteiger partial charge < -0.3 is 15.8 Å². The summed E-state index contributed by atoms with van der Waals surface area (Å²) in [5, 5.41) is 2.66. The number of nitrogens with two attached hydrogens (primary N) is 1. The van der Waals surface area contributed by atoms with Gasteiger partial charge in [0.1, 0.15) is 6.04 Å². The molecule has 100 valence electrons. The summed E-state index contributed by atoms with van der Waals surface area (Å²) < 4.78 is 4.64. The van der Waals surface area contributed by atoms with E-state index in [1.54, 1.807) is 0 Å². The highest BCUT2D eigenvalue weighted by Crippen LogP contribution is 2.06. The van der Waals surface area contributed by atoms with Crippen LogP contribution in [0, 0.1) is 11.8 Å². The summed E-state index contributed by atoms with van der Waals surface area (Å²) in [4.78, 5) is 23.1. The Hall–Kier alpha value is -1.10. The fourth-order valence-electron chi connectivity index (χ4n) is 1.31. The number of hydrogen-bond acceptors (Lipinski definition) is 4. The van der Waals surface area contributed by atoms with Crippen molar-refractivity contribution in [2.24, 2.45) is 17.6 Å². The molecule has 0 aliphatic heterocycles. The Balaban J connectivity index is 4.37. The zero-order chi connectivity index (χ0) is 13.6. The van der Waals surface area contributed by atoms with Crippen LogP contribution in [0.4, 0.5) is 0 Å². The van der Waals surface area contributed by atoms with E-state index in [4.69, 9.17) is 5.73 Å². The molecule has 2 atom stereocenters. The molecule has 3 N–H and O–H groups in total. The SMILES string of the molecule is COC(=O)[C@@H](NC(=O)CC(N)C(C)C)C(C)C. The summed E-state index contributed by atoms with van der Waals surface area (Å²) in [6.07, 6.45) is 0.220. The number of esters is 1. The van der Waals surface area contributed by atoms with E-state index in [0.29, 0.717) is 0 Å². The molecule has 0 bridgehead atoms. The van der Waals surface area contributed by atoms with Crippen molar-refractivity contribution in [3.8, 4) is 0 Å². The van der Waals surface area contributed by atoms with Crippen molar-refractivity contribution in [2.75, 3.05) is 7.11 Å². The van der Waals surface area contributed by atoms with Crippen LogP contribution in [0.3, 0.4) is 0 Å². The van der Waals surface area contributed by atoms with Crippen molar-refractivity contribution in [3.05, 3.63) is 0 Å². The van der Waals surface area contributed by atoms with E-state index in [2.05, 4.69) is 10.1 Å². The molecule has 5 nitrogen and oxygen atoms in total. The molecule has 1 unspecified atom stereocenters. The topological polar surface area (TPSA) is 81.4 Å². The maximum atomic E-state index is 11.7. The van der Waals surface area contributed by atoms with Gasteiger partial charge in [0, 0.05) is 12.5 Å². The van der Waals surface area contributed by atoms with Crippen LogP contribution in [0.1, 0.15) is 34.1 Å². The van der Waals surface area contributed by atoms with Gasteiger partial charge in [0.05, 0.1) is 7.11 Å². The number of ether oxygens (including phenoxy) is 1. The third-order valence-corrected chi connectivity index (χ3v) is 2.72. The molecule has 1 amide bonds. The second-order valence-corrected chi connectivity index (χ2v) is 4.92. The van der Waals surface area contributed by atoms with E-state index in [1.807, 2.05) is 27.7 Å². The van der Waals surface area contributed by atoms with Crippen LogP contribution in [0.15, 0.2) is 0 Å². The standard InChI is InChI=1S/C12H24N2O3/c1-7(2)9(13)6-10(15)14-11(8(3)4)12(16)17-5/h7-9,11H,6,13H2,1-5H3,(H,14,15)/t9?,11-/m0/s1. The average Bonchev–Trinajstić information content (AvgIpc) is 2.24. The summed E-state index contributed by atoms with van der Waals surface area (Å²) in [6.45, 7) is 7.62. The molecule has 17 heavy (non-hydrogen) atoms. The Morgan fingerprint density at radius 1 is 1.18 bits per heavy atom. The van der Waals surface area contributed by atoms with Gasteiger partial charge in [-0.1, -0.05) is 27.7 Å². The van der Waals surface area contributed by atoms with E-state index >= 15 is 0 Å². The lowest BCUT2D eigenvalue weighted by Gasteiger charge is -2.21. The van der Waals surface area contributed by atoms with Gasteiger partial charge in [-0.15, -0.1) is 0 Å². The van der Waals surface area contributed by atoms with Gasteiger partial charge in [-0.2, -0.15) is 0 Å². The molecule has 0 saturated carbocycles. The quantitative estimate of drug-likeness (QED) is 0.673. The summed E-state index contributed by atoms with van der Waals surface area (Å²) >= 11 is 0. The predicted octanol–water partition coefficient (Wildman–Crippen LogP) is 0.674. The molecule has 0 aromatic carbocycles. The lowest BCUT2D eigenvalue weighted by molar-refractivity contribution is -0.146. The smallest absolute Gasteiger partial charge is 0.328 e. The minimum atomic E-state index is -0.605. The van der Waals surface area contributed by atoms with Crippen molar-refractivity contribution >= 4 is 11.9 Å². The zero-order valence-corrected chi connectivity index (χ0v) is 11.3. The van der Waals surface area contributed by atoms with E-state index < -0.39 is 12.0 Å². The Labute approximate surface area is 103 Å². The molecular weight excluding hydrogens is 220 g/mol. The van der Waals surface area contributed by atoms with Crippen molar-refractivity contribution in [2.45, 2.75) is 46.2 Å². The molecule has 0 radical (unpaired) electrons. The Bertz CT molecular complexity index is 264. The van der Waals surface area contributed by atoms with Crippen molar-refractivity contribution < 1.29 is 14.3 Å². The highest BCUT2D eigenvalue weighted by molar-refractivity contribution is 5.84. The molecule has 0 heterocycles. The number of methoxy groups -OCH3 is 1. The fourth-order valence-corrected chi connectivity index (χ4v) is 1.31. The first-order valence-electron chi connectivity index (χ1n) is 5.92. The molecule has 0 spiro atoms. The van der Waals surface area contributed by atoms with Gasteiger partial charge in [0.25, 0.3) is 0 Å². The minimum Gasteiger partial charge on any atom is -0.467 e. The molecule has 0 aromatic heterocycles. The highest BCUT2D eigenvalue weighted by Gasteiger charge is 2.25. The van der Waals surface area contributed by atoms with Crippen molar-refractivity contribution in [1.82, 2.24) is 5.32 Å². The van der Waals surface area contributed by atoms with Crippen LogP contribution in [0.25, 0.3) is 0 Å². The average molecular weight is 244 g/mol. The van der Waals surface area contributed by atoms with Gasteiger partial charge >= 0.3 is 5.97 Å². The number of carbonyl (C=O) groups excluding carboxylic acids is 2. The summed E-state index contributed by atoms with van der Waals surface area (Å²) in [5.41, 5.74) is 5.80. The Morgan fingerprint density at radius 2 is 1.71 bits per heavy atom. The summed E-state index contributed by atoms with van der Waals surface area (Å²) in [6, 6.07) is -0.799. The Morgan fingerprint density at radius 3 is 2.06 bits per heavy atom. The van der Waals surface area contributed by atoms with Crippen LogP contribution >= 0.6 is 0 Å². The van der Waals surface area contributed by atoms with Crippen LogP contribution in [0.5, 0.6) is 0 Å². The molecule has 0 aliphatic rings. The van der Waals surface area contributed by atoms with Crippen LogP contribution in [0.2, 0.25) is 0 Å². The van der Waals surface area contributed by atoms with E-state index in [0.717, 1.165) is 0 Å². The van der Waals surface area contributed by atoms with Crippen molar-refractivity contribution in [1.29, 1.82) is 0 Å². The number of carbonyl (C=O) groups is 2. The van der Waals surface area contributed by atoms with E-state index in [1.165, 1.54) is 7.11 Å². The lowest BCUT2D eigenvalue weighted by atomic mass is 10.0. The number of hydrogen-bond donors (Lipinski definition) is 2. The summed E-state index contributed by atoms with van der Waals surface area (Å²) in [7, 11) is 1.31. The molecule has 5 heteroatoms. The molecule has 0 rings (SSSR count). The van der Waals surface area contributed by atoms with E-state index in [-0.39, 0.29) is 30.2 Å². The van der Waals surface area contributed by atoms with Crippen molar-refractivity contribution in [3.63, 3.8) is 0 Å². The van der Waals surface area contributed by atoms with Gasteiger partial charge in [0.2, 0.25) is 5.91 Å². The Kier molecular flexibility index (Phi) is 6.80. The lowest BCUT2D eigenvalue weighted by Crippen LogP contribution is -2.46. The normalized spacial score (nSPS) is 14.6. The van der Waals surface area contributed by atoms with Crippen LogP contribution < -0.4 is 11.1 Å². The van der Waals surface area contributed by atoms with Gasteiger partial charge in [-0.3, -0.25) is 4.79 Å². The largest absolute Gasteiger partial charge is 0.467 e. The van der Waals surface area contributed by atoms with Gasteiger partial charge in [-0.25, -0.2) is 4.79 Å². The first kappa shape index (κ1) is 15.9. The number of amides is 1. The first-order chi connectivity index (χ1) is 7.79. The maximum absolute atomic E-state index is 11.7. The molecule has 0 fully saturated rings. The highest BCUT2D eigenvalue weighted by atomic mass is 16.5. The van der Waals surface area contributed by atoms with Gasteiger partial charge in [-0.05, 0) is 11.8 Å². The summed E-state index contributed by atoms with van der Waals surface area (Å²) in [5.74, 6) is -0.417. The number of nitrogens with one attached hydrogen (secondary N) is 1. The fraction of sp³-hybridized carbons (Fsp3) is 0.833. The third kappa shape index (κ3) is 5.68. The maximum Gasteiger partial charge on any atom is 0.328 e. The molecular formula is C12H24N2O3. The third-order valence-electron chi connectivity index (χ3n) is 2.72. The molecule has 0 aromatic rings. The molecule has 0 aliphatic carbocycles. The van der Waals surface area contributed by atoms with Crippen LogP contribution in [-0.4, -0.2) is 31.1 Å². The van der Waals surface area contributed by atoms with Crippen LogP contribution in [-0.2, 0) is 14.3 Å².